The van der Waals surface area contributed by atoms with E-state index in [1.165, 1.54) is 5.56 Å². The minimum Gasteiger partial charge on any atom is -0.493 e. The van der Waals surface area contributed by atoms with Crippen LogP contribution < -0.4 is 14.8 Å². The third-order valence-electron chi connectivity index (χ3n) is 2.93. The lowest BCUT2D eigenvalue weighted by Crippen LogP contribution is -2.31. The number of hydrogen-bond donors (Lipinski definition) is 1. The summed E-state index contributed by atoms with van der Waals surface area (Å²) in [4.78, 5) is 0. The highest BCUT2D eigenvalue weighted by Gasteiger charge is 2.07. The zero-order valence-corrected chi connectivity index (χ0v) is 12.4. The lowest BCUT2D eigenvalue weighted by Gasteiger charge is -2.15. The summed E-state index contributed by atoms with van der Waals surface area (Å²) in [6, 6.07) is 6.45. The smallest absolute Gasteiger partial charge is 0.160 e. The van der Waals surface area contributed by atoms with E-state index < -0.39 is 0 Å². The third kappa shape index (κ3) is 5.49. The first-order valence-corrected chi connectivity index (χ1v) is 6.73. The Kier molecular flexibility index (Phi) is 7.30. The van der Waals surface area contributed by atoms with Crippen molar-refractivity contribution < 1.29 is 14.2 Å². The van der Waals surface area contributed by atoms with E-state index in [9.17, 15) is 0 Å². The Labute approximate surface area is 116 Å². The van der Waals surface area contributed by atoms with E-state index in [0.717, 1.165) is 37.7 Å². The molecule has 4 nitrogen and oxygen atoms in total. The van der Waals surface area contributed by atoms with Crippen LogP contribution in [0.3, 0.4) is 0 Å². The van der Waals surface area contributed by atoms with Crippen molar-refractivity contribution in [2.24, 2.45) is 0 Å². The van der Waals surface area contributed by atoms with Crippen LogP contribution in [0.25, 0.3) is 0 Å². The van der Waals surface area contributed by atoms with Crippen LogP contribution in [-0.2, 0) is 11.2 Å². The van der Waals surface area contributed by atoms with Crippen LogP contribution in [0.2, 0.25) is 0 Å². The molecule has 0 saturated carbocycles. The van der Waals surface area contributed by atoms with Crippen LogP contribution in [0, 0.1) is 0 Å². The van der Waals surface area contributed by atoms with Gasteiger partial charge in [-0.3, -0.25) is 0 Å². The molecule has 1 N–H and O–H groups in total. The highest BCUT2D eigenvalue weighted by Crippen LogP contribution is 2.27. The summed E-state index contributed by atoms with van der Waals surface area (Å²) >= 11 is 0. The summed E-state index contributed by atoms with van der Waals surface area (Å²) in [5.74, 6) is 1.55. The Morgan fingerprint density at radius 1 is 1.16 bits per heavy atom. The van der Waals surface area contributed by atoms with Crippen molar-refractivity contribution >= 4 is 0 Å². The Hall–Kier alpha value is -1.26. The van der Waals surface area contributed by atoms with Gasteiger partial charge in [-0.15, -0.1) is 0 Å². The van der Waals surface area contributed by atoms with Gasteiger partial charge in [-0.25, -0.2) is 0 Å². The van der Waals surface area contributed by atoms with Crippen LogP contribution in [0.4, 0.5) is 0 Å². The molecule has 0 radical (unpaired) electrons. The van der Waals surface area contributed by atoms with Crippen molar-refractivity contribution in [2.45, 2.75) is 26.3 Å². The molecule has 0 bridgehead atoms. The summed E-state index contributed by atoms with van der Waals surface area (Å²) in [5.41, 5.74) is 1.23. The lowest BCUT2D eigenvalue weighted by atomic mass is 10.1. The molecular formula is C15H25NO3. The molecule has 0 aromatic heterocycles. The molecule has 0 saturated heterocycles. The topological polar surface area (TPSA) is 39.7 Å². The molecular weight excluding hydrogens is 242 g/mol. The number of nitrogens with one attached hydrogen (secondary N) is 1. The molecule has 1 rings (SSSR count). The van der Waals surface area contributed by atoms with E-state index in [4.69, 9.17) is 14.2 Å². The SMILES string of the molecule is CCOCCNC(C)Cc1ccc(OC)c(OC)c1. The van der Waals surface area contributed by atoms with Gasteiger partial charge in [0.25, 0.3) is 0 Å². The third-order valence-corrected chi connectivity index (χ3v) is 2.93. The Bertz CT molecular complexity index is 368. The van der Waals surface area contributed by atoms with E-state index >= 15 is 0 Å². The van der Waals surface area contributed by atoms with Crippen LogP contribution in [0.5, 0.6) is 11.5 Å². The molecule has 0 fully saturated rings. The average molecular weight is 267 g/mol. The second kappa shape index (κ2) is 8.77. The van der Waals surface area contributed by atoms with Gasteiger partial charge in [0.1, 0.15) is 0 Å². The van der Waals surface area contributed by atoms with Gasteiger partial charge in [-0.2, -0.15) is 0 Å². The average Bonchev–Trinajstić information content (AvgIpc) is 2.43. The molecule has 1 atom stereocenters. The summed E-state index contributed by atoms with van der Waals surface area (Å²) in [6.45, 7) is 6.58. The molecule has 0 aliphatic heterocycles. The summed E-state index contributed by atoms with van der Waals surface area (Å²) < 4.78 is 15.8. The number of methoxy groups -OCH3 is 2. The monoisotopic (exact) mass is 267 g/mol. The maximum atomic E-state index is 5.31. The molecule has 0 spiro atoms. The highest BCUT2D eigenvalue weighted by molar-refractivity contribution is 5.43. The number of rotatable bonds is 9. The normalized spacial score (nSPS) is 12.2. The van der Waals surface area contributed by atoms with E-state index in [2.05, 4.69) is 18.3 Å². The van der Waals surface area contributed by atoms with E-state index in [-0.39, 0.29) is 0 Å². The molecule has 19 heavy (non-hydrogen) atoms. The predicted molar refractivity (Wildman–Crippen MR) is 77.2 cm³/mol. The van der Waals surface area contributed by atoms with Gasteiger partial charge in [-0.05, 0) is 38.0 Å². The van der Waals surface area contributed by atoms with Crippen LogP contribution in [-0.4, -0.2) is 40.0 Å². The fourth-order valence-electron chi connectivity index (χ4n) is 1.96. The van der Waals surface area contributed by atoms with Gasteiger partial charge in [0.15, 0.2) is 11.5 Å². The van der Waals surface area contributed by atoms with Crippen molar-refractivity contribution in [3.63, 3.8) is 0 Å². The molecule has 1 aromatic carbocycles. The predicted octanol–water partition coefficient (Wildman–Crippen LogP) is 2.26. The molecule has 0 aliphatic carbocycles. The summed E-state index contributed by atoms with van der Waals surface area (Å²) in [6.07, 6.45) is 0.951. The fourth-order valence-corrected chi connectivity index (χ4v) is 1.96. The molecule has 4 heteroatoms. The molecule has 108 valence electrons. The first kappa shape index (κ1) is 15.8. The molecule has 0 amide bonds. The number of benzene rings is 1. The van der Waals surface area contributed by atoms with E-state index in [1.807, 2.05) is 19.1 Å². The minimum absolute atomic E-state index is 0.401. The second-order valence-electron chi connectivity index (χ2n) is 4.45. The minimum atomic E-state index is 0.401. The summed E-state index contributed by atoms with van der Waals surface area (Å²) in [7, 11) is 3.31. The Balaban J connectivity index is 2.47. The van der Waals surface area contributed by atoms with E-state index in [1.54, 1.807) is 14.2 Å². The first-order valence-electron chi connectivity index (χ1n) is 6.73. The van der Waals surface area contributed by atoms with Crippen molar-refractivity contribution in [3.05, 3.63) is 23.8 Å². The first-order chi connectivity index (χ1) is 9.21. The zero-order valence-electron chi connectivity index (χ0n) is 12.4. The standard InChI is InChI=1S/C15H25NO3/c1-5-19-9-8-16-12(2)10-13-6-7-14(17-3)15(11-13)18-4/h6-7,11-12,16H,5,8-10H2,1-4H3. The molecule has 0 aliphatic rings. The Morgan fingerprint density at radius 3 is 2.53 bits per heavy atom. The number of ether oxygens (including phenoxy) is 3. The summed E-state index contributed by atoms with van der Waals surface area (Å²) in [5, 5.41) is 3.43. The van der Waals surface area contributed by atoms with Gasteiger partial charge in [0.05, 0.1) is 20.8 Å². The van der Waals surface area contributed by atoms with Crippen LogP contribution in [0.1, 0.15) is 19.4 Å². The fraction of sp³-hybridized carbons (Fsp3) is 0.600. The quantitative estimate of drug-likeness (QED) is 0.697. The second-order valence-corrected chi connectivity index (χ2v) is 4.45. The molecule has 1 unspecified atom stereocenters. The number of hydrogen-bond acceptors (Lipinski definition) is 4. The van der Waals surface area contributed by atoms with Gasteiger partial charge >= 0.3 is 0 Å². The van der Waals surface area contributed by atoms with Gasteiger partial charge in [0.2, 0.25) is 0 Å². The Morgan fingerprint density at radius 2 is 1.89 bits per heavy atom. The molecule has 1 aromatic rings. The van der Waals surface area contributed by atoms with Crippen molar-refractivity contribution in [1.29, 1.82) is 0 Å². The van der Waals surface area contributed by atoms with Gasteiger partial charge in [-0.1, -0.05) is 6.07 Å². The maximum Gasteiger partial charge on any atom is 0.160 e. The van der Waals surface area contributed by atoms with Gasteiger partial charge < -0.3 is 19.5 Å². The van der Waals surface area contributed by atoms with E-state index in [0.29, 0.717) is 6.04 Å². The molecule has 0 heterocycles. The van der Waals surface area contributed by atoms with Gasteiger partial charge in [0, 0.05) is 19.2 Å². The highest BCUT2D eigenvalue weighted by atomic mass is 16.5. The van der Waals surface area contributed by atoms with Crippen molar-refractivity contribution in [3.8, 4) is 11.5 Å². The largest absolute Gasteiger partial charge is 0.493 e. The zero-order chi connectivity index (χ0) is 14.1. The van der Waals surface area contributed by atoms with Crippen molar-refractivity contribution in [1.82, 2.24) is 5.32 Å². The lowest BCUT2D eigenvalue weighted by molar-refractivity contribution is 0.147. The maximum absolute atomic E-state index is 5.31. The van der Waals surface area contributed by atoms with Crippen LogP contribution >= 0.6 is 0 Å². The van der Waals surface area contributed by atoms with Crippen LogP contribution in [0.15, 0.2) is 18.2 Å². The van der Waals surface area contributed by atoms with Crippen molar-refractivity contribution in [2.75, 3.05) is 34.0 Å².